The molecule has 0 fully saturated rings. The molecule has 2 aromatic rings. The van der Waals surface area contributed by atoms with Crippen molar-refractivity contribution in [1.29, 1.82) is 0 Å². The normalized spacial score (nSPS) is 16.1. The molecule has 0 bridgehead atoms. The van der Waals surface area contributed by atoms with Gasteiger partial charge in [0, 0.05) is 18.8 Å². The first-order valence-corrected chi connectivity index (χ1v) is 8.63. The zero-order valence-electron chi connectivity index (χ0n) is 14.6. The van der Waals surface area contributed by atoms with Gasteiger partial charge < -0.3 is 20.1 Å². The number of nitrogens with zero attached hydrogens (tertiary/aromatic N) is 1. The molecule has 1 unspecified atom stereocenters. The molecule has 1 amide bonds. The van der Waals surface area contributed by atoms with Crippen LogP contribution in [0.1, 0.15) is 17.5 Å². The Bertz CT molecular complexity index is 837. The van der Waals surface area contributed by atoms with E-state index in [9.17, 15) is 14.4 Å². The summed E-state index contributed by atoms with van der Waals surface area (Å²) in [6, 6.07) is 16.4. The van der Waals surface area contributed by atoms with Gasteiger partial charge in [-0.15, -0.1) is 0 Å². The summed E-state index contributed by atoms with van der Waals surface area (Å²) in [4.78, 5) is 37.0. The molecular weight excluding hydrogens is 348 g/mol. The fraction of sp³-hybridized carbons (Fsp3) is 0.250. The Balaban J connectivity index is 1.78. The van der Waals surface area contributed by atoms with Crippen molar-refractivity contribution in [3.63, 3.8) is 0 Å². The monoisotopic (exact) mass is 368 g/mol. The molecule has 0 saturated carbocycles. The van der Waals surface area contributed by atoms with Crippen LogP contribution in [-0.4, -0.2) is 40.6 Å². The maximum Gasteiger partial charge on any atom is 0.513 e. The van der Waals surface area contributed by atoms with Crippen molar-refractivity contribution in [1.82, 2.24) is 4.90 Å². The average Bonchev–Trinajstić information content (AvgIpc) is 2.77. The van der Waals surface area contributed by atoms with Crippen molar-refractivity contribution in [2.24, 2.45) is 0 Å². The van der Waals surface area contributed by atoms with E-state index in [4.69, 9.17) is 5.11 Å². The summed E-state index contributed by atoms with van der Waals surface area (Å²) in [6.45, 7) is 0.905. The summed E-state index contributed by atoms with van der Waals surface area (Å²) < 4.78 is 4.16. The molecule has 7 heteroatoms. The van der Waals surface area contributed by atoms with Crippen LogP contribution < -0.4 is 5.32 Å². The van der Waals surface area contributed by atoms with Gasteiger partial charge in [0.2, 0.25) is 5.91 Å². The minimum Gasteiger partial charge on any atom is -0.449 e. The van der Waals surface area contributed by atoms with Crippen molar-refractivity contribution >= 4 is 23.7 Å². The van der Waals surface area contributed by atoms with Gasteiger partial charge in [0.05, 0.1) is 6.42 Å². The van der Waals surface area contributed by atoms with Gasteiger partial charge in [-0.25, -0.2) is 4.79 Å². The fourth-order valence-corrected chi connectivity index (χ4v) is 3.09. The molecule has 3 rings (SSSR count). The predicted octanol–water partition coefficient (Wildman–Crippen LogP) is 2.66. The highest BCUT2D eigenvalue weighted by Gasteiger charge is 2.31. The Kier molecular flexibility index (Phi) is 5.71. The Morgan fingerprint density at radius 1 is 1.11 bits per heavy atom. The van der Waals surface area contributed by atoms with Crippen LogP contribution in [0, 0.1) is 0 Å². The number of amides is 1. The lowest BCUT2D eigenvalue weighted by Gasteiger charge is -2.24. The lowest BCUT2D eigenvalue weighted by molar-refractivity contribution is -0.143. The number of para-hydroxylation sites is 1. The minimum atomic E-state index is -1.68. The number of hydrogen-bond acceptors (Lipinski definition) is 5. The van der Waals surface area contributed by atoms with Gasteiger partial charge in [0.15, 0.2) is 0 Å². The molecule has 0 saturated heterocycles. The van der Waals surface area contributed by atoms with E-state index in [1.807, 2.05) is 54.6 Å². The van der Waals surface area contributed by atoms with Crippen LogP contribution in [0.15, 0.2) is 54.6 Å². The van der Waals surface area contributed by atoms with E-state index < -0.39 is 18.2 Å². The lowest BCUT2D eigenvalue weighted by Crippen LogP contribution is -2.42. The number of anilines is 1. The molecule has 0 aliphatic carbocycles. The second-order valence-electron chi connectivity index (χ2n) is 6.29. The number of nitrogens with one attached hydrogen (secondary N) is 1. The largest absolute Gasteiger partial charge is 0.513 e. The SMILES string of the molecule is O=C(O)OC(=O)CC1Nc2ccccc2CN(CCc2ccccc2)C1=O. The molecule has 7 nitrogen and oxygen atoms in total. The molecule has 1 aliphatic heterocycles. The van der Waals surface area contributed by atoms with E-state index in [2.05, 4.69) is 10.1 Å². The van der Waals surface area contributed by atoms with E-state index in [-0.39, 0.29) is 12.3 Å². The number of rotatable bonds is 5. The van der Waals surface area contributed by atoms with Crippen molar-refractivity contribution in [2.45, 2.75) is 25.4 Å². The molecule has 2 aromatic carbocycles. The van der Waals surface area contributed by atoms with E-state index in [1.54, 1.807) is 4.90 Å². The second-order valence-corrected chi connectivity index (χ2v) is 6.29. The summed E-state index contributed by atoms with van der Waals surface area (Å²) in [5.74, 6) is -1.22. The molecule has 2 N–H and O–H groups in total. The Hall–Kier alpha value is -3.35. The van der Waals surface area contributed by atoms with Gasteiger partial charge >= 0.3 is 12.1 Å². The lowest BCUT2D eigenvalue weighted by atomic mass is 10.1. The smallest absolute Gasteiger partial charge is 0.449 e. The van der Waals surface area contributed by atoms with Crippen LogP contribution in [0.2, 0.25) is 0 Å². The molecule has 27 heavy (non-hydrogen) atoms. The van der Waals surface area contributed by atoms with Gasteiger partial charge in [0.25, 0.3) is 0 Å². The molecule has 140 valence electrons. The highest BCUT2D eigenvalue weighted by atomic mass is 16.7. The first-order valence-electron chi connectivity index (χ1n) is 8.63. The number of hydrogen-bond donors (Lipinski definition) is 2. The summed E-state index contributed by atoms with van der Waals surface area (Å²) in [5, 5.41) is 11.7. The van der Waals surface area contributed by atoms with Crippen LogP contribution in [0.4, 0.5) is 10.5 Å². The Labute approximate surface area is 156 Å². The molecule has 0 aromatic heterocycles. The first kappa shape index (κ1) is 18.4. The number of esters is 1. The van der Waals surface area contributed by atoms with E-state index in [0.29, 0.717) is 19.5 Å². The summed E-state index contributed by atoms with van der Waals surface area (Å²) in [6.07, 6.45) is -1.36. The van der Waals surface area contributed by atoms with Gasteiger partial charge in [-0.1, -0.05) is 48.5 Å². The summed E-state index contributed by atoms with van der Waals surface area (Å²) in [5.41, 5.74) is 2.80. The minimum absolute atomic E-state index is 0.260. The third kappa shape index (κ3) is 4.84. The van der Waals surface area contributed by atoms with Crippen molar-refractivity contribution in [3.05, 3.63) is 65.7 Å². The average molecular weight is 368 g/mol. The van der Waals surface area contributed by atoms with E-state index >= 15 is 0 Å². The van der Waals surface area contributed by atoms with Crippen LogP contribution >= 0.6 is 0 Å². The van der Waals surface area contributed by atoms with Crippen molar-refractivity contribution < 1.29 is 24.2 Å². The highest BCUT2D eigenvalue weighted by molar-refractivity contribution is 5.92. The second kappa shape index (κ2) is 8.35. The number of carbonyl (C=O) groups is 3. The quantitative estimate of drug-likeness (QED) is 0.622. The fourth-order valence-electron chi connectivity index (χ4n) is 3.09. The van der Waals surface area contributed by atoms with Crippen LogP contribution in [-0.2, 0) is 27.3 Å². The zero-order valence-corrected chi connectivity index (χ0v) is 14.6. The maximum atomic E-state index is 13.0. The van der Waals surface area contributed by atoms with Gasteiger partial charge in [-0.2, -0.15) is 0 Å². The molecule has 1 aliphatic rings. The zero-order chi connectivity index (χ0) is 19.2. The topological polar surface area (TPSA) is 95.9 Å². The third-order valence-electron chi connectivity index (χ3n) is 4.40. The predicted molar refractivity (Wildman–Crippen MR) is 98.1 cm³/mol. The number of carbonyl (C=O) groups excluding carboxylic acids is 2. The first-order chi connectivity index (χ1) is 13.0. The maximum absolute atomic E-state index is 13.0. The number of fused-ring (bicyclic) bond motifs is 1. The van der Waals surface area contributed by atoms with Crippen molar-refractivity contribution in [3.8, 4) is 0 Å². The molecule has 1 atom stereocenters. The molecule has 1 heterocycles. The van der Waals surface area contributed by atoms with Crippen LogP contribution in [0.25, 0.3) is 0 Å². The third-order valence-corrected chi connectivity index (χ3v) is 4.40. The molecular formula is C20H20N2O5. The number of benzene rings is 2. The molecule has 0 radical (unpaired) electrons. The standard InChI is InChI=1S/C20H20N2O5/c23-18(27-20(25)26)12-17-19(24)22(11-10-14-6-2-1-3-7-14)13-15-8-4-5-9-16(15)21-17/h1-9,17,21H,10-13H2,(H,25,26). The van der Waals surface area contributed by atoms with E-state index in [1.165, 1.54) is 0 Å². The number of carboxylic acid groups (broad SMARTS) is 1. The summed E-state index contributed by atoms with van der Waals surface area (Å²) >= 11 is 0. The number of ether oxygens (including phenoxy) is 1. The van der Waals surface area contributed by atoms with Gasteiger partial charge in [-0.05, 0) is 23.6 Å². The highest BCUT2D eigenvalue weighted by Crippen LogP contribution is 2.24. The van der Waals surface area contributed by atoms with Crippen molar-refractivity contribution in [2.75, 3.05) is 11.9 Å². The molecule has 0 spiro atoms. The van der Waals surface area contributed by atoms with Crippen LogP contribution in [0.5, 0.6) is 0 Å². The van der Waals surface area contributed by atoms with Gasteiger partial charge in [-0.3, -0.25) is 9.59 Å². The Morgan fingerprint density at radius 2 is 1.81 bits per heavy atom. The van der Waals surface area contributed by atoms with E-state index in [0.717, 1.165) is 16.8 Å². The van der Waals surface area contributed by atoms with Gasteiger partial charge in [0.1, 0.15) is 6.04 Å². The summed E-state index contributed by atoms with van der Waals surface area (Å²) in [7, 11) is 0. The van der Waals surface area contributed by atoms with Crippen LogP contribution in [0.3, 0.4) is 0 Å². The Morgan fingerprint density at radius 3 is 2.56 bits per heavy atom.